The molecular formula is C7H11F3O3. The maximum atomic E-state index is 11.9. The Hall–Kier alpha value is -0.620. The molecule has 1 atom stereocenters. The van der Waals surface area contributed by atoms with E-state index in [1.807, 2.05) is 0 Å². The predicted molar refractivity (Wildman–Crippen MR) is 38.0 cm³/mol. The van der Waals surface area contributed by atoms with E-state index < -0.39 is 24.2 Å². The molecule has 0 aromatic rings. The number of hydrogen-bond acceptors (Lipinski definition) is 3. The smallest absolute Gasteiger partial charge is 0.355 e. The average Bonchev–Trinajstić information content (AvgIpc) is 2.03. The van der Waals surface area contributed by atoms with Gasteiger partial charge < -0.3 is 9.47 Å². The molecule has 0 aliphatic heterocycles. The first-order valence-corrected chi connectivity index (χ1v) is 3.51. The summed E-state index contributed by atoms with van der Waals surface area (Å²) in [5.74, 6) is -3.20. The van der Waals surface area contributed by atoms with E-state index in [0.717, 1.165) is 6.92 Å². The van der Waals surface area contributed by atoms with Crippen molar-refractivity contribution >= 4 is 5.78 Å². The molecule has 0 aromatic carbocycles. The van der Waals surface area contributed by atoms with Crippen LogP contribution >= 0.6 is 0 Å². The van der Waals surface area contributed by atoms with E-state index in [2.05, 4.69) is 9.47 Å². The molecule has 6 heteroatoms. The van der Waals surface area contributed by atoms with Gasteiger partial charge in [0.15, 0.2) is 6.29 Å². The van der Waals surface area contributed by atoms with E-state index >= 15 is 0 Å². The topological polar surface area (TPSA) is 35.5 Å². The first-order valence-electron chi connectivity index (χ1n) is 3.51. The van der Waals surface area contributed by atoms with E-state index in [-0.39, 0.29) is 0 Å². The first-order chi connectivity index (χ1) is 5.84. The SMILES string of the molecule is COC(OC)C(C)C(=O)C(F)(F)F. The van der Waals surface area contributed by atoms with Crippen LogP contribution in [0, 0.1) is 5.92 Å². The molecule has 13 heavy (non-hydrogen) atoms. The van der Waals surface area contributed by atoms with Crippen molar-refractivity contribution in [2.45, 2.75) is 19.4 Å². The molecule has 0 radical (unpaired) electrons. The van der Waals surface area contributed by atoms with Crippen LogP contribution < -0.4 is 0 Å². The zero-order valence-electron chi connectivity index (χ0n) is 7.51. The summed E-state index contributed by atoms with van der Waals surface area (Å²) < 4.78 is 44.7. The fourth-order valence-electron chi connectivity index (χ4n) is 0.886. The molecule has 0 aromatic heterocycles. The Morgan fingerprint density at radius 3 is 1.85 bits per heavy atom. The standard InChI is InChI=1S/C7H11F3O3/c1-4(6(12-2)13-3)5(11)7(8,9)10/h4,6H,1-3H3. The van der Waals surface area contributed by atoms with Gasteiger partial charge in [0, 0.05) is 14.2 Å². The highest BCUT2D eigenvalue weighted by Crippen LogP contribution is 2.23. The van der Waals surface area contributed by atoms with Crippen LogP contribution in [0.4, 0.5) is 13.2 Å². The van der Waals surface area contributed by atoms with Crippen LogP contribution in [0.15, 0.2) is 0 Å². The predicted octanol–water partition coefficient (Wildman–Crippen LogP) is 1.37. The largest absolute Gasteiger partial charge is 0.450 e. The number of ketones is 1. The lowest BCUT2D eigenvalue weighted by atomic mass is 10.1. The van der Waals surface area contributed by atoms with E-state index in [1.54, 1.807) is 0 Å². The lowest BCUT2D eigenvalue weighted by molar-refractivity contribution is -0.193. The zero-order chi connectivity index (χ0) is 10.6. The molecule has 78 valence electrons. The van der Waals surface area contributed by atoms with Gasteiger partial charge in [-0.2, -0.15) is 13.2 Å². The molecule has 0 amide bonds. The number of carbonyl (C=O) groups excluding carboxylic acids is 1. The van der Waals surface area contributed by atoms with Crippen molar-refractivity contribution in [2.75, 3.05) is 14.2 Å². The molecule has 0 N–H and O–H groups in total. The van der Waals surface area contributed by atoms with Crippen LogP contribution in [-0.4, -0.2) is 32.5 Å². The Bertz CT molecular complexity index is 174. The van der Waals surface area contributed by atoms with Gasteiger partial charge in [-0.25, -0.2) is 0 Å². The summed E-state index contributed by atoms with van der Waals surface area (Å²) in [5.41, 5.74) is 0. The number of alkyl halides is 3. The van der Waals surface area contributed by atoms with Gasteiger partial charge in [0.1, 0.15) is 0 Å². The van der Waals surface area contributed by atoms with Crippen molar-refractivity contribution in [1.82, 2.24) is 0 Å². The number of methoxy groups -OCH3 is 2. The van der Waals surface area contributed by atoms with Crippen LogP contribution in [0.1, 0.15) is 6.92 Å². The minimum absolute atomic E-state index is 1.10. The van der Waals surface area contributed by atoms with Gasteiger partial charge in [-0.15, -0.1) is 0 Å². The second kappa shape index (κ2) is 4.57. The van der Waals surface area contributed by atoms with Crippen molar-refractivity contribution < 1.29 is 27.4 Å². The molecule has 0 saturated heterocycles. The van der Waals surface area contributed by atoms with Gasteiger partial charge >= 0.3 is 6.18 Å². The summed E-state index contributed by atoms with van der Waals surface area (Å²) in [6.07, 6.45) is -6.00. The van der Waals surface area contributed by atoms with Crippen molar-refractivity contribution in [3.05, 3.63) is 0 Å². The molecule has 0 heterocycles. The van der Waals surface area contributed by atoms with Crippen molar-refractivity contribution in [3.8, 4) is 0 Å². The van der Waals surface area contributed by atoms with Gasteiger partial charge in [0.25, 0.3) is 0 Å². The molecule has 0 bridgehead atoms. The Kier molecular flexibility index (Phi) is 4.35. The van der Waals surface area contributed by atoms with Gasteiger partial charge in [0.2, 0.25) is 5.78 Å². The van der Waals surface area contributed by atoms with E-state index in [4.69, 9.17) is 0 Å². The lowest BCUT2D eigenvalue weighted by Gasteiger charge is -2.20. The molecule has 0 rings (SSSR count). The fourth-order valence-corrected chi connectivity index (χ4v) is 0.886. The van der Waals surface area contributed by atoms with Crippen LogP contribution in [0.3, 0.4) is 0 Å². The number of carbonyl (C=O) groups is 1. The molecule has 0 spiro atoms. The van der Waals surface area contributed by atoms with Crippen LogP contribution in [0.5, 0.6) is 0 Å². The van der Waals surface area contributed by atoms with Gasteiger partial charge in [-0.1, -0.05) is 6.92 Å². The maximum Gasteiger partial charge on any atom is 0.450 e. The van der Waals surface area contributed by atoms with Crippen molar-refractivity contribution in [1.29, 1.82) is 0 Å². The van der Waals surface area contributed by atoms with E-state index in [9.17, 15) is 18.0 Å². The molecule has 1 unspecified atom stereocenters. The van der Waals surface area contributed by atoms with Crippen LogP contribution in [0.2, 0.25) is 0 Å². The minimum atomic E-state index is -4.84. The third-order valence-electron chi connectivity index (χ3n) is 1.57. The quantitative estimate of drug-likeness (QED) is 0.643. The van der Waals surface area contributed by atoms with E-state index in [0.29, 0.717) is 0 Å². The summed E-state index contributed by atoms with van der Waals surface area (Å²) in [7, 11) is 2.35. The summed E-state index contributed by atoms with van der Waals surface area (Å²) in [4.78, 5) is 10.6. The molecule has 0 fully saturated rings. The maximum absolute atomic E-state index is 11.9. The molecule has 0 saturated carbocycles. The highest BCUT2D eigenvalue weighted by molar-refractivity contribution is 5.86. The zero-order valence-corrected chi connectivity index (χ0v) is 7.51. The highest BCUT2D eigenvalue weighted by atomic mass is 19.4. The Morgan fingerprint density at radius 1 is 1.23 bits per heavy atom. The lowest BCUT2D eigenvalue weighted by Crippen LogP contribution is -2.37. The second-order valence-electron chi connectivity index (χ2n) is 2.49. The minimum Gasteiger partial charge on any atom is -0.355 e. The third-order valence-corrected chi connectivity index (χ3v) is 1.57. The molecule has 3 nitrogen and oxygen atoms in total. The summed E-state index contributed by atoms with van der Waals surface area (Å²) in [6.45, 7) is 1.10. The van der Waals surface area contributed by atoms with Crippen LogP contribution in [-0.2, 0) is 14.3 Å². The second-order valence-corrected chi connectivity index (χ2v) is 2.49. The summed E-state index contributed by atoms with van der Waals surface area (Å²) in [5, 5.41) is 0. The van der Waals surface area contributed by atoms with Gasteiger partial charge in [-0.05, 0) is 0 Å². The Morgan fingerprint density at radius 2 is 1.62 bits per heavy atom. The highest BCUT2D eigenvalue weighted by Gasteiger charge is 2.44. The first kappa shape index (κ1) is 12.4. The molecular weight excluding hydrogens is 189 g/mol. The number of ether oxygens (including phenoxy) is 2. The summed E-state index contributed by atoms with van der Waals surface area (Å²) in [6, 6.07) is 0. The van der Waals surface area contributed by atoms with E-state index in [1.165, 1.54) is 14.2 Å². The number of hydrogen-bond donors (Lipinski definition) is 0. The Labute approximate surface area is 73.8 Å². The normalized spacial score (nSPS) is 14.7. The number of rotatable bonds is 4. The molecule has 0 aliphatic carbocycles. The van der Waals surface area contributed by atoms with Crippen molar-refractivity contribution in [2.24, 2.45) is 5.92 Å². The monoisotopic (exact) mass is 200 g/mol. The average molecular weight is 200 g/mol. The van der Waals surface area contributed by atoms with Crippen molar-refractivity contribution in [3.63, 3.8) is 0 Å². The van der Waals surface area contributed by atoms with Crippen LogP contribution in [0.25, 0.3) is 0 Å². The summed E-state index contributed by atoms with van der Waals surface area (Å²) >= 11 is 0. The molecule has 0 aliphatic rings. The van der Waals surface area contributed by atoms with Gasteiger partial charge in [0.05, 0.1) is 5.92 Å². The fraction of sp³-hybridized carbons (Fsp3) is 0.857. The number of Topliss-reactive ketones (excluding diaryl/α,β-unsaturated/α-hetero) is 1. The number of halogens is 3. The Balaban J connectivity index is 4.41. The third kappa shape index (κ3) is 3.31. The van der Waals surface area contributed by atoms with Gasteiger partial charge in [-0.3, -0.25) is 4.79 Å².